The molecular weight excluding hydrogens is 399 g/mol. The van der Waals surface area contributed by atoms with Crippen molar-refractivity contribution in [3.63, 3.8) is 0 Å². The van der Waals surface area contributed by atoms with Crippen LogP contribution in [0.3, 0.4) is 0 Å². The molecule has 0 saturated heterocycles. The summed E-state index contributed by atoms with van der Waals surface area (Å²) in [6.07, 6.45) is 5.92. The number of carbonyl (C=O) groups is 1. The smallest absolute Gasteiger partial charge is 0.242 e. The number of aryl methyl sites for hydroxylation is 1. The van der Waals surface area contributed by atoms with Crippen LogP contribution in [0.15, 0.2) is 59.8 Å². The molecule has 5 nitrogen and oxygen atoms in total. The van der Waals surface area contributed by atoms with Crippen LogP contribution in [0.25, 0.3) is 0 Å². The maximum Gasteiger partial charge on any atom is 0.242 e. The number of halogens is 1. The Balaban J connectivity index is 1.61. The Hall–Kier alpha value is -2.67. The van der Waals surface area contributed by atoms with Gasteiger partial charge in [-0.3, -0.25) is 4.79 Å². The van der Waals surface area contributed by atoms with Crippen molar-refractivity contribution >= 4 is 23.4 Å². The number of hydrogen-bond acceptors (Lipinski definition) is 4. The molecule has 3 aromatic rings. The van der Waals surface area contributed by atoms with Crippen LogP contribution in [0.5, 0.6) is 0 Å². The first-order valence-electron chi connectivity index (χ1n) is 10.3. The van der Waals surface area contributed by atoms with E-state index in [0.717, 1.165) is 29.4 Å². The van der Waals surface area contributed by atoms with E-state index in [-0.39, 0.29) is 11.7 Å². The summed E-state index contributed by atoms with van der Waals surface area (Å²) in [6, 6.07) is 15.8. The van der Waals surface area contributed by atoms with Crippen molar-refractivity contribution in [3.8, 4) is 0 Å². The summed E-state index contributed by atoms with van der Waals surface area (Å²) < 4.78 is 15.4. The Labute approximate surface area is 180 Å². The quantitative estimate of drug-likeness (QED) is 0.516. The molecule has 0 aliphatic heterocycles. The molecule has 0 bridgehead atoms. The molecule has 1 aromatic heterocycles. The average Bonchev–Trinajstić information content (AvgIpc) is 3.15. The minimum Gasteiger partial charge on any atom is -0.325 e. The van der Waals surface area contributed by atoms with Crippen molar-refractivity contribution in [2.45, 2.75) is 55.5 Å². The van der Waals surface area contributed by atoms with E-state index >= 15 is 0 Å². The predicted octanol–water partition coefficient (Wildman–Crippen LogP) is 5.70. The summed E-state index contributed by atoms with van der Waals surface area (Å²) in [5.41, 5.74) is 1.45. The van der Waals surface area contributed by atoms with Crippen LogP contribution in [0.4, 0.5) is 10.1 Å². The molecule has 1 heterocycles. The normalized spacial score (nSPS) is 15.7. The summed E-state index contributed by atoms with van der Waals surface area (Å²) in [5.74, 6) is 0.377. The number of amides is 1. The third-order valence-corrected chi connectivity index (χ3v) is 6.66. The highest BCUT2D eigenvalue weighted by Crippen LogP contribution is 2.39. The molecule has 1 aliphatic carbocycles. The van der Waals surface area contributed by atoms with Crippen molar-refractivity contribution in [3.05, 3.63) is 71.8 Å². The molecule has 4 rings (SSSR count). The summed E-state index contributed by atoms with van der Waals surface area (Å²) in [5, 5.41) is 11.9. The molecule has 1 N–H and O–H groups in total. The number of aromatic nitrogens is 3. The third-order valence-electron chi connectivity index (χ3n) is 5.45. The highest BCUT2D eigenvalue weighted by Gasteiger charge is 2.28. The van der Waals surface area contributed by atoms with Gasteiger partial charge in [-0.05, 0) is 49.6 Å². The van der Waals surface area contributed by atoms with E-state index in [1.54, 1.807) is 12.1 Å². The van der Waals surface area contributed by atoms with Gasteiger partial charge in [0.25, 0.3) is 0 Å². The zero-order valence-electron chi connectivity index (χ0n) is 16.9. The van der Waals surface area contributed by atoms with Crippen LogP contribution in [-0.2, 0) is 4.79 Å². The lowest BCUT2D eigenvalue weighted by Crippen LogP contribution is -2.20. The number of thioether (sulfide) groups is 1. The van der Waals surface area contributed by atoms with Crippen LogP contribution in [-0.4, -0.2) is 20.7 Å². The topological polar surface area (TPSA) is 59.8 Å². The summed E-state index contributed by atoms with van der Waals surface area (Å²) in [6.45, 7) is 1.97. The van der Waals surface area contributed by atoms with E-state index in [4.69, 9.17) is 0 Å². The molecule has 156 valence electrons. The average molecular weight is 425 g/mol. The van der Waals surface area contributed by atoms with Crippen molar-refractivity contribution < 1.29 is 9.18 Å². The van der Waals surface area contributed by atoms with Crippen LogP contribution in [0.2, 0.25) is 0 Å². The lowest BCUT2D eigenvalue weighted by molar-refractivity contribution is -0.115. The van der Waals surface area contributed by atoms with Gasteiger partial charge in [-0.1, -0.05) is 61.4 Å². The molecule has 7 heteroatoms. The van der Waals surface area contributed by atoms with Gasteiger partial charge in [0.1, 0.15) is 16.9 Å². The second-order valence-electron chi connectivity index (χ2n) is 7.60. The summed E-state index contributed by atoms with van der Waals surface area (Å²) >= 11 is 1.42. The van der Waals surface area contributed by atoms with E-state index in [1.807, 2.05) is 37.3 Å². The number of anilines is 1. The molecule has 1 fully saturated rings. The number of rotatable bonds is 6. The van der Waals surface area contributed by atoms with Crippen molar-refractivity contribution in [2.75, 3.05) is 5.32 Å². The first kappa shape index (κ1) is 20.6. The molecule has 1 saturated carbocycles. The predicted molar refractivity (Wildman–Crippen MR) is 117 cm³/mol. The highest BCUT2D eigenvalue weighted by atomic mass is 32.2. The van der Waals surface area contributed by atoms with E-state index in [0.29, 0.717) is 11.7 Å². The SMILES string of the molecule is Cc1nnc(S[C@H](C(=O)Nc2ccc(F)cc2)c2ccccc2)n1C1CCCCC1. The highest BCUT2D eigenvalue weighted by molar-refractivity contribution is 8.00. The van der Waals surface area contributed by atoms with Gasteiger partial charge in [0, 0.05) is 11.7 Å². The molecule has 1 atom stereocenters. The second kappa shape index (κ2) is 9.43. The molecular formula is C23H25FN4OS. The molecule has 30 heavy (non-hydrogen) atoms. The first-order valence-corrected chi connectivity index (χ1v) is 11.2. The Kier molecular flexibility index (Phi) is 6.47. The van der Waals surface area contributed by atoms with Crippen molar-refractivity contribution in [1.82, 2.24) is 14.8 Å². The number of hydrogen-bond donors (Lipinski definition) is 1. The lowest BCUT2D eigenvalue weighted by Gasteiger charge is -2.26. The molecule has 1 aliphatic rings. The van der Waals surface area contributed by atoms with Crippen molar-refractivity contribution in [2.24, 2.45) is 0 Å². The van der Waals surface area contributed by atoms with Gasteiger partial charge >= 0.3 is 0 Å². The van der Waals surface area contributed by atoms with Crippen LogP contribution < -0.4 is 5.32 Å². The van der Waals surface area contributed by atoms with E-state index in [9.17, 15) is 9.18 Å². The summed E-state index contributed by atoms with van der Waals surface area (Å²) in [7, 11) is 0. The van der Waals surface area contributed by atoms with Gasteiger partial charge in [-0.25, -0.2) is 4.39 Å². The maximum atomic E-state index is 13.2. The monoisotopic (exact) mass is 424 g/mol. The third kappa shape index (κ3) is 4.73. The van der Waals surface area contributed by atoms with E-state index in [1.165, 1.54) is 43.2 Å². The van der Waals surface area contributed by atoms with Gasteiger partial charge in [0.2, 0.25) is 5.91 Å². The second-order valence-corrected chi connectivity index (χ2v) is 8.67. The minimum absolute atomic E-state index is 0.173. The zero-order chi connectivity index (χ0) is 20.9. The molecule has 1 amide bonds. The molecule has 0 unspecified atom stereocenters. The van der Waals surface area contributed by atoms with Gasteiger partial charge < -0.3 is 9.88 Å². The van der Waals surface area contributed by atoms with Gasteiger partial charge in [0.05, 0.1) is 0 Å². The molecule has 2 aromatic carbocycles. The number of nitrogens with one attached hydrogen (secondary N) is 1. The maximum absolute atomic E-state index is 13.2. The molecule has 0 radical (unpaired) electrons. The van der Waals surface area contributed by atoms with E-state index in [2.05, 4.69) is 20.1 Å². The standard InChI is InChI=1S/C23H25FN4OS/c1-16-26-27-23(28(16)20-10-6-3-7-11-20)30-21(17-8-4-2-5-9-17)22(29)25-19-14-12-18(24)13-15-19/h2,4-5,8-9,12-15,20-21H,3,6-7,10-11H2,1H3,(H,25,29)/t21-/m0/s1. The van der Waals surface area contributed by atoms with Crippen molar-refractivity contribution in [1.29, 1.82) is 0 Å². The van der Waals surface area contributed by atoms with Crippen LogP contribution in [0.1, 0.15) is 54.8 Å². The fraction of sp³-hybridized carbons (Fsp3) is 0.348. The Morgan fingerprint density at radius 3 is 2.47 bits per heavy atom. The lowest BCUT2D eigenvalue weighted by atomic mass is 9.95. The van der Waals surface area contributed by atoms with Crippen LogP contribution in [0, 0.1) is 12.7 Å². The number of nitrogens with zero attached hydrogens (tertiary/aromatic N) is 3. The van der Waals surface area contributed by atoms with Gasteiger partial charge in [-0.2, -0.15) is 0 Å². The Bertz CT molecular complexity index is 984. The molecule has 0 spiro atoms. The first-order chi connectivity index (χ1) is 14.6. The number of benzene rings is 2. The minimum atomic E-state index is -0.498. The Morgan fingerprint density at radius 2 is 1.77 bits per heavy atom. The summed E-state index contributed by atoms with van der Waals surface area (Å²) in [4.78, 5) is 13.2. The van der Waals surface area contributed by atoms with E-state index < -0.39 is 5.25 Å². The zero-order valence-corrected chi connectivity index (χ0v) is 17.7. The van der Waals surface area contributed by atoms with Crippen LogP contribution >= 0.6 is 11.8 Å². The largest absolute Gasteiger partial charge is 0.325 e. The van der Waals surface area contributed by atoms with Gasteiger partial charge in [-0.15, -0.1) is 10.2 Å². The fourth-order valence-corrected chi connectivity index (χ4v) is 5.09. The van der Waals surface area contributed by atoms with Gasteiger partial charge in [0.15, 0.2) is 5.16 Å². The Morgan fingerprint density at radius 1 is 1.07 bits per heavy atom. The number of carbonyl (C=O) groups excluding carboxylic acids is 1. The fourth-order valence-electron chi connectivity index (χ4n) is 3.94.